The molecule has 0 spiro atoms. The molecule has 0 aliphatic rings. The Labute approximate surface area is 143 Å². The molecule has 0 saturated carbocycles. The lowest BCUT2D eigenvalue weighted by Crippen LogP contribution is -2.15. The second-order valence-electron chi connectivity index (χ2n) is 5.41. The number of anilines is 1. The molecule has 23 heavy (non-hydrogen) atoms. The van der Waals surface area contributed by atoms with Crippen LogP contribution in [0, 0.1) is 20.8 Å². The third kappa shape index (κ3) is 3.71. The molecule has 6 heteroatoms. The number of amides is 1. The van der Waals surface area contributed by atoms with Gasteiger partial charge in [0.1, 0.15) is 16.2 Å². The number of carbonyl (C=O) groups is 1. The van der Waals surface area contributed by atoms with Gasteiger partial charge < -0.3 is 5.32 Å². The number of thiophene rings is 1. The van der Waals surface area contributed by atoms with Gasteiger partial charge in [-0.15, -0.1) is 11.3 Å². The fourth-order valence-electron chi connectivity index (χ4n) is 2.34. The minimum Gasteiger partial charge on any atom is -0.325 e. The Bertz CT molecular complexity index is 873. The standard InChI is InChI=1S/C17H17N3OS2/c1-10-4-5-14(11(2)6-10)20-15(21)8-22-16-13-7-12(3)23-17(13)19-9-18-16/h4-7,9H,8H2,1-3H3,(H,20,21). The first-order chi connectivity index (χ1) is 11.0. The molecule has 0 unspecified atom stereocenters. The number of hydrogen-bond acceptors (Lipinski definition) is 5. The molecule has 4 nitrogen and oxygen atoms in total. The zero-order valence-corrected chi connectivity index (χ0v) is 14.8. The van der Waals surface area contributed by atoms with E-state index < -0.39 is 0 Å². The average molecular weight is 343 g/mol. The van der Waals surface area contributed by atoms with Crippen molar-refractivity contribution in [1.29, 1.82) is 0 Å². The van der Waals surface area contributed by atoms with Crippen molar-refractivity contribution in [2.24, 2.45) is 0 Å². The molecule has 0 bridgehead atoms. The summed E-state index contributed by atoms with van der Waals surface area (Å²) in [5, 5.41) is 4.84. The van der Waals surface area contributed by atoms with Gasteiger partial charge in [-0.2, -0.15) is 0 Å². The fraction of sp³-hybridized carbons (Fsp3) is 0.235. The number of nitrogens with one attached hydrogen (secondary N) is 1. The van der Waals surface area contributed by atoms with Gasteiger partial charge in [0.05, 0.1) is 5.75 Å². The van der Waals surface area contributed by atoms with Gasteiger partial charge in [-0.1, -0.05) is 29.5 Å². The Morgan fingerprint density at radius 3 is 2.83 bits per heavy atom. The zero-order chi connectivity index (χ0) is 16.4. The Balaban J connectivity index is 1.68. The summed E-state index contributed by atoms with van der Waals surface area (Å²) in [7, 11) is 0. The van der Waals surface area contributed by atoms with Gasteiger partial charge in [0, 0.05) is 16.0 Å². The zero-order valence-electron chi connectivity index (χ0n) is 13.2. The van der Waals surface area contributed by atoms with Gasteiger partial charge in [0.15, 0.2) is 0 Å². The number of nitrogens with zero attached hydrogens (tertiary/aromatic N) is 2. The quantitative estimate of drug-likeness (QED) is 0.565. The van der Waals surface area contributed by atoms with Crippen LogP contribution in [0.15, 0.2) is 35.6 Å². The van der Waals surface area contributed by atoms with Crippen molar-refractivity contribution >= 4 is 44.9 Å². The van der Waals surface area contributed by atoms with E-state index >= 15 is 0 Å². The van der Waals surface area contributed by atoms with Crippen molar-refractivity contribution in [2.75, 3.05) is 11.1 Å². The van der Waals surface area contributed by atoms with Crippen molar-refractivity contribution in [3.8, 4) is 0 Å². The predicted molar refractivity (Wildman–Crippen MR) is 97.4 cm³/mol. The molecule has 0 aliphatic carbocycles. The summed E-state index contributed by atoms with van der Waals surface area (Å²) in [5.74, 6) is 0.301. The fourth-order valence-corrected chi connectivity index (χ4v) is 4.03. The summed E-state index contributed by atoms with van der Waals surface area (Å²) in [4.78, 5) is 22.9. The molecule has 118 valence electrons. The summed E-state index contributed by atoms with van der Waals surface area (Å²) < 4.78 is 0. The summed E-state index contributed by atoms with van der Waals surface area (Å²) in [6, 6.07) is 8.07. The molecule has 0 radical (unpaired) electrons. The molecule has 2 heterocycles. The van der Waals surface area contributed by atoms with E-state index in [4.69, 9.17) is 0 Å². The minimum absolute atomic E-state index is 0.0272. The minimum atomic E-state index is -0.0272. The molecular formula is C17H17N3OS2. The van der Waals surface area contributed by atoms with Gasteiger partial charge in [-0.25, -0.2) is 9.97 Å². The highest BCUT2D eigenvalue weighted by molar-refractivity contribution is 8.00. The lowest BCUT2D eigenvalue weighted by molar-refractivity contribution is -0.113. The van der Waals surface area contributed by atoms with E-state index in [9.17, 15) is 4.79 Å². The normalized spacial score (nSPS) is 10.9. The van der Waals surface area contributed by atoms with E-state index in [-0.39, 0.29) is 5.91 Å². The number of fused-ring (bicyclic) bond motifs is 1. The smallest absolute Gasteiger partial charge is 0.234 e. The van der Waals surface area contributed by atoms with E-state index in [1.165, 1.54) is 22.2 Å². The summed E-state index contributed by atoms with van der Waals surface area (Å²) in [6.07, 6.45) is 1.56. The van der Waals surface area contributed by atoms with E-state index in [1.807, 2.05) is 32.9 Å². The van der Waals surface area contributed by atoms with E-state index in [0.29, 0.717) is 5.75 Å². The topological polar surface area (TPSA) is 54.9 Å². The van der Waals surface area contributed by atoms with Crippen LogP contribution in [0.3, 0.4) is 0 Å². The summed E-state index contributed by atoms with van der Waals surface area (Å²) in [6.45, 7) is 6.09. The second-order valence-corrected chi connectivity index (χ2v) is 7.61. The highest BCUT2D eigenvalue weighted by Crippen LogP contribution is 2.30. The van der Waals surface area contributed by atoms with Crippen LogP contribution in [0.5, 0.6) is 0 Å². The maximum absolute atomic E-state index is 12.2. The van der Waals surface area contributed by atoms with E-state index in [1.54, 1.807) is 17.7 Å². The van der Waals surface area contributed by atoms with Gasteiger partial charge in [-0.05, 0) is 38.5 Å². The van der Waals surface area contributed by atoms with Crippen molar-refractivity contribution in [1.82, 2.24) is 9.97 Å². The van der Waals surface area contributed by atoms with Crippen LogP contribution in [0.2, 0.25) is 0 Å². The van der Waals surface area contributed by atoms with Crippen molar-refractivity contribution in [2.45, 2.75) is 25.8 Å². The number of hydrogen-bond donors (Lipinski definition) is 1. The van der Waals surface area contributed by atoms with Crippen LogP contribution in [0.25, 0.3) is 10.2 Å². The van der Waals surface area contributed by atoms with Crippen LogP contribution < -0.4 is 5.32 Å². The molecule has 0 atom stereocenters. The second kappa shape index (κ2) is 6.68. The molecule has 0 aliphatic heterocycles. The third-order valence-electron chi connectivity index (χ3n) is 3.41. The van der Waals surface area contributed by atoms with Crippen LogP contribution in [-0.4, -0.2) is 21.6 Å². The summed E-state index contributed by atoms with van der Waals surface area (Å²) in [5.41, 5.74) is 3.12. The Morgan fingerprint density at radius 1 is 1.22 bits per heavy atom. The van der Waals surface area contributed by atoms with Crippen molar-refractivity contribution < 1.29 is 4.79 Å². The van der Waals surface area contributed by atoms with E-state index in [0.717, 1.165) is 26.5 Å². The maximum Gasteiger partial charge on any atom is 0.234 e. The Kier molecular flexibility index (Phi) is 4.63. The highest BCUT2D eigenvalue weighted by atomic mass is 32.2. The molecule has 1 amide bonds. The van der Waals surface area contributed by atoms with Gasteiger partial charge in [-0.3, -0.25) is 4.79 Å². The molecule has 2 aromatic heterocycles. The number of rotatable bonds is 4. The SMILES string of the molecule is Cc1ccc(NC(=O)CSc2ncnc3sc(C)cc23)c(C)c1. The first-order valence-electron chi connectivity index (χ1n) is 7.24. The highest BCUT2D eigenvalue weighted by Gasteiger charge is 2.11. The van der Waals surface area contributed by atoms with Crippen molar-refractivity contribution in [3.05, 3.63) is 46.6 Å². The molecule has 1 N–H and O–H groups in total. The molecule has 0 saturated heterocycles. The Hall–Kier alpha value is -1.92. The van der Waals surface area contributed by atoms with Crippen molar-refractivity contribution in [3.63, 3.8) is 0 Å². The molecule has 3 aromatic rings. The molecule has 3 rings (SSSR count). The molecular weight excluding hydrogens is 326 g/mol. The first kappa shape index (κ1) is 16.0. The van der Waals surface area contributed by atoms with Crippen LogP contribution >= 0.6 is 23.1 Å². The first-order valence-corrected chi connectivity index (χ1v) is 9.04. The van der Waals surface area contributed by atoms with Crippen LogP contribution in [-0.2, 0) is 4.79 Å². The van der Waals surface area contributed by atoms with Crippen LogP contribution in [0.1, 0.15) is 16.0 Å². The van der Waals surface area contributed by atoms with Gasteiger partial charge in [0.2, 0.25) is 5.91 Å². The molecule has 0 fully saturated rings. The number of benzene rings is 1. The monoisotopic (exact) mass is 343 g/mol. The number of carbonyl (C=O) groups excluding carboxylic acids is 1. The number of aryl methyl sites for hydroxylation is 3. The summed E-state index contributed by atoms with van der Waals surface area (Å²) >= 11 is 3.08. The lowest BCUT2D eigenvalue weighted by Gasteiger charge is -2.09. The van der Waals surface area contributed by atoms with Gasteiger partial charge in [0.25, 0.3) is 0 Å². The largest absolute Gasteiger partial charge is 0.325 e. The van der Waals surface area contributed by atoms with Gasteiger partial charge >= 0.3 is 0 Å². The lowest BCUT2D eigenvalue weighted by atomic mass is 10.1. The maximum atomic E-state index is 12.2. The third-order valence-corrected chi connectivity index (χ3v) is 5.38. The number of thioether (sulfide) groups is 1. The number of aromatic nitrogens is 2. The average Bonchev–Trinajstić information content (AvgIpc) is 2.88. The van der Waals surface area contributed by atoms with E-state index in [2.05, 4.69) is 27.4 Å². The Morgan fingerprint density at radius 2 is 2.04 bits per heavy atom. The molecule has 1 aromatic carbocycles. The predicted octanol–water partition coefficient (Wildman–Crippen LogP) is 4.35. The van der Waals surface area contributed by atoms with Crippen LogP contribution in [0.4, 0.5) is 5.69 Å².